The van der Waals surface area contributed by atoms with Crippen molar-refractivity contribution < 1.29 is 22.4 Å². The molecular weight excluding hydrogens is 280 g/mol. The van der Waals surface area contributed by atoms with Gasteiger partial charge in [0.25, 0.3) is 11.4 Å². The molecule has 1 rings (SSSR count). The predicted octanol–water partition coefficient (Wildman–Crippen LogP) is 1.62. The molecule has 0 bridgehead atoms. The number of rotatable bonds is 5. The monoisotopic (exact) mass is 290 g/mol. The van der Waals surface area contributed by atoms with E-state index in [0.717, 1.165) is 12.1 Å². The van der Waals surface area contributed by atoms with E-state index in [0.29, 0.717) is 6.07 Å². The summed E-state index contributed by atoms with van der Waals surface area (Å²) >= 11 is 0. The predicted molar refractivity (Wildman–Crippen MR) is 63.2 cm³/mol. The average molecular weight is 290 g/mol. The lowest BCUT2D eigenvalue weighted by Gasteiger charge is -2.08. The first-order valence-corrected chi connectivity index (χ1v) is 6.42. The number of benzene rings is 1. The van der Waals surface area contributed by atoms with Gasteiger partial charge in [0, 0.05) is 6.07 Å². The normalized spacial score (nSPS) is 11.5. The molecule has 0 heterocycles. The number of nitro groups is 2. The summed E-state index contributed by atoms with van der Waals surface area (Å²) in [5.74, 6) is 0. The summed E-state index contributed by atoms with van der Waals surface area (Å²) in [5.41, 5.74) is -1.47. The molecule has 9 nitrogen and oxygen atoms in total. The van der Waals surface area contributed by atoms with Crippen LogP contribution in [0.15, 0.2) is 23.1 Å². The number of non-ortho nitro benzene ring substituents is 1. The first-order chi connectivity index (χ1) is 8.65. The van der Waals surface area contributed by atoms with Gasteiger partial charge < -0.3 is 0 Å². The molecule has 0 unspecified atom stereocenters. The molecule has 0 aromatic heterocycles. The number of nitrogens with zero attached hydrogens (tertiary/aromatic N) is 2. The highest BCUT2D eigenvalue weighted by Gasteiger charge is 2.30. The van der Waals surface area contributed by atoms with E-state index in [-0.39, 0.29) is 0 Å². The Labute approximate surface area is 108 Å². The minimum absolute atomic E-state index is 0.574. The fourth-order valence-electron chi connectivity index (χ4n) is 1.28. The molecule has 104 valence electrons. The van der Waals surface area contributed by atoms with Gasteiger partial charge in [0.2, 0.25) is 0 Å². The van der Waals surface area contributed by atoms with Crippen LogP contribution in [0.1, 0.15) is 13.8 Å². The third-order valence-electron chi connectivity index (χ3n) is 1.94. The summed E-state index contributed by atoms with van der Waals surface area (Å²) in [5, 5.41) is 21.3. The van der Waals surface area contributed by atoms with Gasteiger partial charge in [0.15, 0.2) is 4.90 Å². The molecule has 0 aliphatic rings. The van der Waals surface area contributed by atoms with E-state index < -0.39 is 42.3 Å². The van der Waals surface area contributed by atoms with Crippen molar-refractivity contribution in [1.29, 1.82) is 0 Å². The highest BCUT2D eigenvalue weighted by atomic mass is 32.2. The van der Waals surface area contributed by atoms with Crippen molar-refractivity contribution in [1.82, 2.24) is 0 Å². The lowest BCUT2D eigenvalue weighted by molar-refractivity contribution is -0.396. The van der Waals surface area contributed by atoms with Crippen molar-refractivity contribution in [3.63, 3.8) is 0 Å². The van der Waals surface area contributed by atoms with Crippen LogP contribution in [-0.2, 0) is 14.3 Å². The van der Waals surface area contributed by atoms with E-state index in [1.807, 2.05) is 0 Å². The minimum Gasteiger partial charge on any atom is -0.263 e. The summed E-state index contributed by atoms with van der Waals surface area (Å²) in [6, 6.07) is 2.23. The maximum atomic E-state index is 11.8. The summed E-state index contributed by atoms with van der Waals surface area (Å²) < 4.78 is 28.1. The van der Waals surface area contributed by atoms with Crippen LogP contribution in [0.25, 0.3) is 0 Å². The second kappa shape index (κ2) is 5.28. The largest absolute Gasteiger partial charge is 0.304 e. The fourth-order valence-corrected chi connectivity index (χ4v) is 2.51. The Balaban J connectivity index is 3.44. The van der Waals surface area contributed by atoms with Gasteiger partial charge in [-0.05, 0) is 19.9 Å². The van der Waals surface area contributed by atoms with Gasteiger partial charge in [0.05, 0.1) is 22.0 Å². The molecule has 0 radical (unpaired) electrons. The third kappa shape index (κ3) is 3.45. The second-order valence-corrected chi connectivity index (χ2v) is 5.31. The Morgan fingerprint density at radius 3 is 2.16 bits per heavy atom. The quantitative estimate of drug-likeness (QED) is 0.457. The lowest BCUT2D eigenvalue weighted by atomic mass is 10.3. The summed E-state index contributed by atoms with van der Waals surface area (Å²) in [6.45, 7) is 2.88. The molecular formula is C9H10N2O7S. The van der Waals surface area contributed by atoms with Gasteiger partial charge in [-0.25, -0.2) is 0 Å². The first kappa shape index (κ1) is 15.0. The Bertz CT molecular complexity index is 623. The first-order valence-electron chi connectivity index (χ1n) is 5.01. The van der Waals surface area contributed by atoms with E-state index in [2.05, 4.69) is 4.18 Å². The summed E-state index contributed by atoms with van der Waals surface area (Å²) in [7, 11) is -4.34. The highest BCUT2D eigenvalue weighted by molar-refractivity contribution is 7.87. The van der Waals surface area contributed by atoms with Crippen LogP contribution in [0, 0.1) is 20.2 Å². The maximum Gasteiger partial charge on any atom is 0.304 e. The fraction of sp³-hybridized carbons (Fsp3) is 0.333. The van der Waals surface area contributed by atoms with E-state index in [1.165, 1.54) is 13.8 Å². The molecule has 19 heavy (non-hydrogen) atoms. The molecule has 0 amide bonds. The zero-order chi connectivity index (χ0) is 14.8. The van der Waals surface area contributed by atoms with Crippen molar-refractivity contribution in [3.8, 4) is 0 Å². The molecule has 0 atom stereocenters. The zero-order valence-corrected chi connectivity index (χ0v) is 10.8. The average Bonchev–Trinajstić information content (AvgIpc) is 2.26. The molecule has 0 spiro atoms. The number of hydrogen-bond acceptors (Lipinski definition) is 7. The number of hydrogen-bond donors (Lipinski definition) is 0. The van der Waals surface area contributed by atoms with E-state index in [1.54, 1.807) is 0 Å². The van der Waals surface area contributed by atoms with Gasteiger partial charge in [-0.2, -0.15) is 8.42 Å². The molecule has 0 saturated carbocycles. The third-order valence-corrected chi connectivity index (χ3v) is 3.46. The molecule has 1 aromatic rings. The number of nitro benzene ring substituents is 2. The van der Waals surface area contributed by atoms with E-state index in [4.69, 9.17) is 0 Å². The van der Waals surface area contributed by atoms with Crippen LogP contribution in [0.4, 0.5) is 11.4 Å². The SMILES string of the molecule is CC(C)OS(=O)(=O)c1ccc([N+](=O)[O-])cc1[N+](=O)[O-]. The molecule has 0 fully saturated rings. The molecule has 0 aliphatic carbocycles. The van der Waals surface area contributed by atoms with Crippen LogP contribution >= 0.6 is 0 Å². The summed E-state index contributed by atoms with van der Waals surface area (Å²) in [6.07, 6.45) is -0.709. The Kier molecular flexibility index (Phi) is 4.17. The second-order valence-electron chi connectivity index (χ2n) is 3.77. The van der Waals surface area contributed by atoms with Crippen LogP contribution in [0.2, 0.25) is 0 Å². The Morgan fingerprint density at radius 1 is 1.16 bits per heavy atom. The summed E-state index contributed by atoms with van der Waals surface area (Å²) in [4.78, 5) is 18.7. The van der Waals surface area contributed by atoms with Crippen LogP contribution in [0.5, 0.6) is 0 Å². The van der Waals surface area contributed by atoms with Crippen LogP contribution in [-0.4, -0.2) is 24.4 Å². The highest BCUT2D eigenvalue weighted by Crippen LogP contribution is 2.29. The smallest absolute Gasteiger partial charge is 0.263 e. The minimum atomic E-state index is -4.34. The van der Waals surface area contributed by atoms with Gasteiger partial charge in [-0.1, -0.05) is 0 Å². The van der Waals surface area contributed by atoms with Crippen LogP contribution in [0.3, 0.4) is 0 Å². The van der Waals surface area contributed by atoms with Gasteiger partial charge >= 0.3 is 10.1 Å². The zero-order valence-electron chi connectivity index (χ0n) is 9.97. The maximum absolute atomic E-state index is 11.8. The Morgan fingerprint density at radius 2 is 1.74 bits per heavy atom. The van der Waals surface area contributed by atoms with Crippen molar-refractivity contribution in [3.05, 3.63) is 38.4 Å². The van der Waals surface area contributed by atoms with E-state index >= 15 is 0 Å². The van der Waals surface area contributed by atoms with Gasteiger partial charge in [-0.15, -0.1) is 0 Å². The van der Waals surface area contributed by atoms with Crippen LogP contribution < -0.4 is 0 Å². The molecule has 1 aromatic carbocycles. The molecule has 0 aliphatic heterocycles. The van der Waals surface area contributed by atoms with E-state index in [9.17, 15) is 28.6 Å². The van der Waals surface area contributed by atoms with Gasteiger partial charge in [0.1, 0.15) is 0 Å². The standard InChI is InChI=1S/C9H10N2O7S/c1-6(2)18-19(16,17)9-4-3-7(10(12)13)5-8(9)11(14)15/h3-6H,1-2H3. The van der Waals surface area contributed by atoms with Gasteiger partial charge in [-0.3, -0.25) is 24.4 Å². The lowest BCUT2D eigenvalue weighted by Crippen LogP contribution is -2.14. The van der Waals surface area contributed by atoms with Crippen molar-refractivity contribution in [2.24, 2.45) is 0 Å². The topological polar surface area (TPSA) is 130 Å². The molecule has 10 heteroatoms. The van der Waals surface area contributed by atoms with Crippen molar-refractivity contribution in [2.45, 2.75) is 24.8 Å². The molecule has 0 N–H and O–H groups in total. The van der Waals surface area contributed by atoms with Crippen molar-refractivity contribution in [2.75, 3.05) is 0 Å². The Hall–Kier alpha value is -2.07. The molecule has 0 saturated heterocycles. The van der Waals surface area contributed by atoms with Crippen molar-refractivity contribution >= 4 is 21.5 Å².